The number of nitrogens with zero attached hydrogens (tertiary/aromatic N) is 1. The van der Waals surface area contributed by atoms with Gasteiger partial charge in [-0.25, -0.2) is 4.39 Å². The predicted octanol–water partition coefficient (Wildman–Crippen LogP) is 1.07. The molecule has 1 fully saturated rings. The second-order valence-corrected chi connectivity index (χ2v) is 4.11. The molecule has 1 atom stereocenters. The lowest BCUT2D eigenvalue weighted by Crippen LogP contribution is -2.28. The van der Waals surface area contributed by atoms with Gasteiger partial charge in [-0.05, 0) is 30.7 Å². The van der Waals surface area contributed by atoms with E-state index in [1.165, 1.54) is 24.3 Å². The molecule has 4 heteroatoms. The number of hydrogen-bond donors (Lipinski definition) is 1. The quantitative estimate of drug-likeness (QED) is 0.779. The van der Waals surface area contributed by atoms with Crippen LogP contribution in [0.3, 0.4) is 0 Å². The number of carbonyl (C=O) groups excluding carboxylic acids is 1. The van der Waals surface area contributed by atoms with Gasteiger partial charge in [-0.3, -0.25) is 9.69 Å². The Morgan fingerprint density at radius 3 is 2.69 bits per heavy atom. The van der Waals surface area contributed by atoms with Gasteiger partial charge in [-0.15, -0.1) is 0 Å². The maximum absolute atomic E-state index is 12.7. The molecule has 0 aliphatic carbocycles. The second-order valence-electron chi connectivity index (χ2n) is 4.11. The fourth-order valence-electron chi connectivity index (χ4n) is 1.89. The van der Waals surface area contributed by atoms with Gasteiger partial charge in [0, 0.05) is 18.7 Å². The summed E-state index contributed by atoms with van der Waals surface area (Å²) in [6.07, 6.45) is 0.400. The number of carbonyl (C=O) groups is 1. The van der Waals surface area contributed by atoms with Crippen LogP contribution in [0.25, 0.3) is 0 Å². The Labute approximate surface area is 93.5 Å². The van der Waals surface area contributed by atoms with Crippen molar-refractivity contribution in [1.82, 2.24) is 4.90 Å². The maximum Gasteiger partial charge on any atom is 0.176 e. The van der Waals surface area contributed by atoms with Crippen molar-refractivity contribution in [3.63, 3.8) is 0 Å². The minimum absolute atomic E-state index is 0.0332. The minimum atomic E-state index is -0.340. The van der Waals surface area contributed by atoms with Gasteiger partial charge < -0.3 is 5.11 Å². The van der Waals surface area contributed by atoms with Gasteiger partial charge in [-0.1, -0.05) is 0 Å². The molecule has 1 unspecified atom stereocenters. The van der Waals surface area contributed by atoms with E-state index in [1.807, 2.05) is 4.90 Å². The first-order chi connectivity index (χ1) is 7.65. The second kappa shape index (κ2) is 4.72. The Hall–Kier alpha value is -1.26. The molecule has 1 aromatic carbocycles. The summed E-state index contributed by atoms with van der Waals surface area (Å²) in [5.74, 6) is -0.373. The normalized spacial score (nSPS) is 21.2. The zero-order valence-electron chi connectivity index (χ0n) is 8.90. The van der Waals surface area contributed by atoms with E-state index in [-0.39, 0.29) is 17.7 Å². The molecule has 2 rings (SSSR count). The average Bonchev–Trinajstić information content (AvgIpc) is 2.65. The number of Topliss-reactive ketones (excluding diaryl/α,β-unsaturated/α-hetero) is 1. The van der Waals surface area contributed by atoms with Crippen LogP contribution in [0.4, 0.5) is 4.39 Å². The molecule has 1 aliphatic heterocycles. The van der Waals surface area contributed by atoms with E-state index in [1.54, 1.807) is 0 Å². The third kappa shape index (κ3) is 2.65. The van der Waals surface area contributed by atoms with Crippen LogP contribution in [0.1, 0.15) is 16.8 Å². The Morgan fingerprint density at radius 1 is 1.44 bits per heavy atom. The first kappa shape index (κ1) is 11.2. The molecule has 1 aliphatic rings. The third-order valence-electron chi connectivity index (χ3n) is 2.78. The molecule has 86 valence electrons. The molecule has 1 heterocycles. The van der Waals surface area contributed by atoms with E-state index in [0.29, 0.717) is 18.7 Å². The Morgan fingerprint density at radius 2 is 2.12 bits per heavy atom. The largest absolute Gasteiger partial charge is 0.392 e. The van der Waals surface area contributed by atoms with Crippen molar-refractivity contribution in [3.8, 4) is 0 Å². The van der Waals surface area contributed by atoms with Crippen molar-refractivity contribution >= 4 is 5.78 Å². The molecule has 0 radical (unpaired) electrons. The van der Waals surface area contributed by atoms with Gasteiger partial charge in [0.15, 0.2) is 5.78 Å². The summed E-state index contributed by atoms with van der Waals surface area (Å²) >= 11 is 0. The van der Waals surface area contributed by atoms with E-state index in [2.05, 4.69) is 0 Å². The van der Waals surface area contributed by atoms with Crippen LogP contribution in [0.5, 0.6) is 0 Å². The summed E-state index contributed by atoms with van der Waals surface area (Å²) in [4.78, 5) is 13.7. The summed E-state index contributed by atoms with van der Waals surface area (Å²) in [6, 6.07) is 5.55. The molecule has 0 aromatic heterocycles. The van der Waals surface area contributed by atoms with Gasteiger partial charge in [-0.2, -0.15) is 0 Å². The zero-order valence-corrected chi connectivity index (χ0v) is 8.90. The molecule has 1 saturated heterocycles. The summed E-state index contributed by atoms with van der Waals surface area (Å²) in [5, 5.41) is 9.32. The Bertz CT molecular complexity index is 377. The highest BCUT2D eigenvalue weighted by molar-refractivity contribution is 5.97. The Balaban J connectivity index is 1.95. The van der Waals surface area contributed by atoms with Crippen LogP contribution in [0.15, 0.2) is 24.3 Å². The predicted molar refractivity (Wildman–Crippen MR) is 57.8 cm³/mol. The zero-order chi connectivity index (χ0) is 11.5. The molecule has 3 nitrogen and oxygen atoms in total. The number of halogens is 1. The number of aliphatic hydroxyl groups excluding tert-OH is 1. The fraction of sp³-hybridized carbons (Fsp3) is 0.417. The van der Waals surface area contributed by atoms with E-state index in [4.69, 9.17) is 0 Å². The standard InChI is InChI=1S/C12H14FNO2/c13-10-3-1-9(2-4-10)12(16)8-14-6-5-11(15)7-14/h1-4,11,15H,5-8H2. The monoisotopic (exact) mass is 223 g/mol. The number of β-amino-alcohol motifs (C(OH)–C–C–N with tert-alkyl or cyclic N) is 1. The van der Waals surface area contributed by atoms with Crippen LogP contribution >= 0.6 is 0 Å². The smallest absolute Gasteiger partial charge is 0.176 e. The van der Waals surface area contributed by atoms with Crippen LogP contribution in [-0.2, 0) is 0 Å². The van der Waals surface area contributed by atoms with Gasteiger partial charge in [0.25, 0.3) is 0 Å². The van der Waals surface area contributed by atoms with Crippen molar-refractivity contribution in [3.05, 3.63) is 35.6 Å². The average molecular weight is 223 g/mol. The summed E-state index contributed by atoms with van der Waals surface area (Å²) in [7, 11) is 0. The van der Waals surface area contributed by atoms with E-state index in [9.17, 15) is 14.3 Å². The lowest BCUT2D eigenvalue weighted by molar-refractivity contribution is 0.0935. The van der Waals surface area contributed by atoms with Gasteiger partial charge in [0.1, 0.15) is 5.82 Å². The Kier molecular flexibility index (Phi) is 3.31. The first-order valence-electron chi connectivity index (χ1n) is 5.34. The van der Waals surface area contributed by atoms with Crippen molar-refractivity contribution in [1.29, 1.82) is 0 Å². The summed E-state index contributed by atoms with van der Waals surface area (Å²) < 4.78 is 12.7. The van der Waals surface area contributed by atoms with E-state index < -0.39 is 0 Å². The molecule has 16 heavy (non-hydrogen) atoms. The maximum atomic E-state index is 12.7. The van der Waals surface area contributed by atoms with Crippen LogP contribution in [0.2, 0.25) is 0 Å². The summed E-state index contributed by atoms with van der Waals surface area (Å²) in [5.41, 5.74) is 0.516. The van der Waals surface area contributed by atoms with Crippen LogP contribution < -0.4 is 0 Å². The van der Waals surface area contributed by atoms with Crippen LogP contribution in [-0.4, -0.2) is 41.5 Å². The molecular weight excluding hydrogens is 209 g/mol. The number of ketones is 1. The number of aliphatic hydroxyl groups is 1. The van der Waals surface area contributed by atoms with Crippen LogP contribution in [0, 0.1) is 5.82 Å². The lowest BCUT2D eigenvalue weighted by Gasteiger charge is -2.13. The molecular formula is C12H14FNO2. The topological polar surface area (TPSA) is 40.5 Å². The highest BCUT2D eigenvalue weighted by Gasteiger charge is 2.22. The minimum Gasteiger partial charge on any atom is -0.392 e. The molecule has 1 aromatic rings. The molecule has 0 bridgehead atoms. The number of benzene rings is 1. The lowest BCUT2D eigenvalue weighted by atomic mass is 10.1. The SMILES string of the molecule is O=C(CN1CCC(O)C1)c1ccc(F)cc1. The summed E-state index contributed by atoms with van der Waals surface area (Å²) in [6.45, 7) is 1.59. The van der Waals surface area contributed by atoms with Gasteiger partial charge in [0.2, 0.25) is 0 Å². The highest BCUT2D eigenvalue weighted by atomic mass is 19.1. The highest BCUT2D eigenvalue weighted by Crippen LogP contribution is 2.10. The molecule has 1 N–H and O–H groups in total. The molecule has 0 spiro atoms. The van der Waals surface area contributed by atoms with Crippen molar-refractivity contribution < 1.29 is 14.3 Å². The van der Waals surface area contributed by atoms with E-state index in [0.717, 1.165) is 13.0 Å². The number of likely N-dealkylation sites (tertiary alicyclic amines) is 1. The fourth-order valence-corrected chi connectivity index (χ4v) is 1.89. The number of hydrogen-bond acceptors (Lipinski definition) is 3. The van der Waals surface area contributed by atoms with Crippen molar-refractivity contribution in [2.24, 2.45) is 0 Å². The number of rotatable bonds is 3. The van der Waals surface area contributed by atoms with E-state index >= 15 is 0 Å². The van der Waals surface area contributed by atoms with Crippen molar-refractivity contribution in [2.45, 2.75) is 12.5 Å². The molecule has 0 amide bonds. The van der Waals surface area contributed by atoms with Crippen molar-refractivity contribution in [2.75, 3.05) is 19.6 Å². The first-order valence-corrected chi connectivity index (χ1v) is 5.34. The van der Waals surface area contributed by atoms with Gasteiger partial charge >= 0.3 is 0 Å². The molecule has 0 saturated carbocycles. The third-order valence-corrected chi connectivity index (χ3v) is 2.78. The van der Waals surface area contributed by atoms with Gasteiger partial charge in [0.05, 0.1) is 12.6 Å².